The van der Waals surface area contributed by atoms with Crippen LogP contribution in [0.15, 0.2) is 84.9 Å². The van der Waals surface area contributed by atoms with Gasteiger partial charge in [-0.25, -0.2) is 0 Å². The van der Waals surface area contributed by atoms with Gasteiger partial charge in [0.1, 0.15) is 5.41 Å². The summed E-state index contributed by atoms with van der Waals surface area (Å²) < 4.78 is 0. The van der Waals surface area contributed by atoms with Crippen LogP contribution >= 0.6 is 0 Å². The summed E-state index contributed by atoms with van der Waals surface area (Å²) in [5.74, 6) is -0.743. The van der Waals surface area contributed by atoms with Crippen LogP contribution in [0, 0.1) is 5.41 Å². The van der Waals surface area contributed by atoms with Gasteiger partial charge < -0.3 is 20.8 Å². The first-order valence-electron chi connectivity index (χ1n) is 16.7. The fourth-order valence-corrected chi connectivity index (χ4v) is 7.40. The first kappa shape index (κ1) is 32.6. The lowest BCUT2D eigenvalue weighted by Gasteiger charge is -2.40. The summed E-state index contributed by atoms with van der Waals surface area (Å²) in [6.45, 7) is 7.71. The highest BCUT2D eigenvalue weighted by atomic mass is 16.3. The molecule has 0 radical (unpaired) electrons. The van der Waals surface area contributed by atoms with Crippen molar-refractivity contribution in [3.05, 3.63) is 96.1 Å². The Labute approximate surface area is 267 Å². The minimum absolute atomic E-state index is 0.371. The second kappa shape index (κ2) is 13.3. The third-order valence-electron chi connectivity index (χ3n) is 10.7. The molecular weight excluding hydrogens is 560 g/mol. The Bertz CT molecular complexity index is 1520. The molecule has 0 bridgehead atoms. The Balaban J connectivity index is 1.55. The third-order valence-corrected chi connectivity index (χ3v) is 10.7. The number of nitrogens with one attached hydrogen (secondary N) is 2. The molecule has 5 rings (SSSR count). The van der Waals surface area contributed by atoms with Crippen LogP contribution in [0.3, 0.4) is 0 Å². The second-order valence-corrected chi connectivity index (χ2v) is 12.9. The maximum Gasteiger partial charge on any atom is 0.236 e. The van der Waals surface area contributed by atoms with Crippen LogP contribution in [-0.2, 0) is 9.59 Å². The molecule has 1 saturated carbocycles. The fourth-order valence-electron chi connectivity index (χ4n) is 7.40. The maximum absolute atomic E-state index is 14.6. The Morgan fingerprint density at radius 1 is 0.622 bits per heavy atom. The van der Waals surface area contributed by atoms with Crippen molar-refractivity contribution in [1.29, 1.82) is 0 Å². The predicted octanol–water partition coefficient (Wildman–Crippen LogP) is 7.67. The topological polar surface area (TPSA) is 98.7 Å². The van der Waals surface area contributed by atoms with Crippen molar-refractivity contribution >= 4 is 33.4 Å². The van der Waals surface area contributed by atoms with Gasteiger partial charge in [0.05, 0.1) is 23.3 Å². The number of rotatable bonds is 12. The van der Waals surface area contributed by atoms with E-state index in [4.69, 9.17) is 0 Å². The highest BCUT2D eigenvalue weighted by Gasteiger charge is 2.51. The highest BCUT2D eigenvalue weighted by molar-refractivity contribution is 6.06. The van der Waals surface area contributed by atoms with E-state index in [1.165, 1.54) is 0 Å². The van der Waals surface area contributed by atoms with E-state index < -0.39 is 28.7 Å². The normalized spacial score (nSPS) is 16.4. The smallest absolute Gasteiger partial charge is 0.236 e. The van der Waals surface area contributed by atoms with E-state index in [1.807, 2.05) is 113 Å². The van der Waals surface area contributed by atoms with Gasteiger partial charge in [-0.1, -0.05) is 125 Å². The predicted molar refractivity (Wildman–Crippen MR) is 182 cm³/mol. The lowest BCUT2D eigenvalue weighted by molar-refractivity contribution is -0.147. The number of hydrogen-bond acceptors (Lipinski definition) is 4. The zero-order chi connectivity index (χ0) is 32.2. The molecule has 238 valence electrons. The van der Waals surface area contributed by atoms with Gasteiger partial charge >= 0.3 is 0 Å². The van der Waals surface area contributed by atoms with Crippen molar-refractivity contribution in [3.8, 4) is 0 Å². The van der Waals surface area contributed by atoms with Crippen molar-refractivity contribution in [2.75, 3.05) is 0 Å². The van der Waals surface area contributed by atoms with Crippen LogP contribution < -0.4 is 10.6 Å². The number of aliphatic hydroxyl groups is 2. The van der Waals surface area contributed by atoms with E-state index in [1.54, 1.807) is 0 Å². The number of amides is 2. The van der Waals surface area contributed by atoms with E-state index in [0.29, 0.717) is 38.5 Å². The largest absolute Gasteiger partial charge is 0.387 e. The number of carbonyl (C=O) groups excluding carboxylic acids is 2. The standard InChI is InChI=1S/C39H48N2O4/c1-5-38(44,6-2)33(31-23-15-19-27-17-9-11-21-29(27)31)40-35(42)37(25-13-14-26-37)36(43)41-34(39(45,7-3)8-4)32-24-16-20-28-18-10-12-22-30(28)32/h9-12,15-24,33-34,44-45H,5-8,13-14,25-26H2,1-4H3,(H,40,42)(H,41,43)/t33-,34-/m0/s1. The number of hydrogen-bond donors (Lipinski definition) is 4. The highest BCUT2D eigenvalue weighted by Crippen LogP contribution is 2.44. The summed E-state index contributed by atoms with van der Waals surface area (Å²) in [7, 11) is 0. The fraction of sp³-hybridized carbons (Fsp3) is 0.436. The third kappa shape index (κ3) is 5.98. The van der Waals surface area contributed by atoms with E-state index in [-0.39, 0.29) is 11.8 Å². The van der Waals surface area contributed by atoms with Crippen molar-refractivity contribution < 1.29 is 19.8 Å². The lowest BCUT2D eigenvalue weighted by atomic mass is 9.78. The van der Waals surface area contributed by atoms with Crippen molar-refractivity contribution in [2.45, 2.75) is 102 Å². The molecule has 0 aliphatic heterocycles. The number of benzene rings is 4. The molecule has 2 atom stereocenters. The van der Waals surface area contributed by atoms with Gasteiger partial charge in [0.25, 0.3) is 0 Å². The van der Waals surface area contributed by atoms with Gasteiger partial charge in [0.15, 0.2) is 0 Å². The maximum atomic E-state index is 14.6. The van der Waals surface area contributed by atoms with Crippen LogP contribution in [0.5, 0.6) is 0 Å². The first-order chi connectivity index (χ1) is 21.7. The van der Waals surface area contributed by atoms with Gasteiger partial charge in [0.2, 0.25) is 11.8 Å². The summed E-state index contributed by atoms with van der Waals surface area (Å²) in [6.07, 6.45) is 4.03. The second-order valence-electron chi connectivity index (χ2n) is 12.9. The molecular formula is C39H48N2O4. The molecule has 0 spiro atoms. The van der Waals surface area contributed by atoms with Crippen LogP contribution in [0.1, 0.15) is 102 Å². The minimum Gasteiger partial charge on any atom is -0.387 e. The molecule has 2 amide bonds. The van der Waals surface area contributed by atoms with Crippen LogP contribution in [-0.4, -0.2) is 33.2 Å². The van der Waals surface area contributed by atoms with Gasteiger partial charge in [-0.2, -0.15) is 0 Å². The Morgan fingerprint density at radius 3 is 1.36 bits per heavy atom. The molecule has 45 heavy (non-hydrogen) atoms. The first-order valence-corrected chi connectivity index (χ1v) is 16.7. The minimum atomic E-state index is -1.32. The van der Waals surface area contributed by atoms with E-state index in [9.17, 15) is 19.8 Å². The molecule has 1 aliphatic rings. The SMILES string of the molecule is CCC(O)(CC)[C@@H](NC(=O)C1(C(=O)N[C@@H](c2cccc3ccccc23)C(O)(CC)CC)CCCC1)c1cccc2ccccc12. The molecule has 0 unspecified atom stereocenters. The average Bonchev–Trinajstić information content (AvgIpc) is 3.60. The van der Waals surface area contributed by atoms with Gasteiger partial charge in [-0.15, -0.1) is 0 Å². The van der Waals surface area contributed by atoms with Gasteiger partial charge in [-0.05, 0) is 71.2 Å². The Hall–Kier alpha value is -3.74. The van der Waals surface area contributed by atoms with E-state index in [0.717, 1.165) is 45.5 Å². The molecule has 4 aromatic carbocycles. The monoisotopic (exact) mass is 608 g/mol. The van der Waals surface area contributed by atoms with Crippen molar-refractivity contribution in [1.82, 2.24) is 10.6 Å². The Kier molecular flexibility index (Phi) is 9.66. The van der Waals surface area contributed by atoms with Crippen LogP contribution in [0.25, 0.3) is 21.5 Å². The van der Waals surface area contributed by atoms with Gasteiger partial charge in [-0.3, -0.25) is 9.59 Å². The molecule has 6 heteroatoms. The van der Waals surface area contributed by atoms with Crippen molar-refractivity contribution in [3.63, 3.8) is 0 Å². The summed E-state index contributed by atoms with van der Waals surface area (Å²) in [6, 6.07) is 26.4. The van der Waals surface area contributed by atoms with Crippen LogP contribution in [0.4, 0.5) is 0 Å². The zero-order valence-corrected chi connectivity index (χ0v) is 27.1. The molecule has 4 N–H and O–H groups in total. The van der Waals surface area contributed by atoms with Crippen LogP contribution in [0.2, 0.25) is 0 Å². The summed E-state index contributed by atoms with van der Waals surface area (Å²) in [4.78, 5) is 29.2. The molecule has 0 heterocycles. The molecule has 6 nitrogen and oxygen atoms in total. The summed E-state index contributed by atoms with van der Waals surface area (Å²) in [5.41, 5.74) is -2.09. The lowest BCUT2D eigenvalue weighted by Crippen LogP contribution is -2.56. The molecule has 1 fully saturated rings. The summed E-state index contributed by atoms with van der Waals surface area (Å²) >= 11 is 0. The van der Waals surface area contributed by atoms with Gasteiger partial charge in [0, 0.05) is 0 Å². The van der Waals surface area contributed by atoms with Crippen molar-refractivity contribution in [2.24, 2.45) is 5.41 Å². The molecule has 4 aromatic rings. The Morgan fingerprint density at radius 2 is 0.978 bits per heavy atom. The molecule has 0 aromatic heterocycles. The summed E-state index contributed by atoms with van der Waals surface area (Å²) in [5, 5.41) is 34.3. The number of carbonyl (C=O) groups is 2. The molecule has 0 saturated heterocycles. The average molecular weight is 609 g/mol. The van der Waals surface area contributed by atoms with E-state index in [2.05, 4.69) is 10.6 Å². The van der Waals surface area contributed by atoms with E-state index >= 15 is 0 Å². The quantitative estimate of drug-likeness (QED) is 0.124. The number of fused-ring (bicyclic) bond motifs is 2. The molecule has 1 aliphatic carbocycles. The zero-order valence-electron chi connectivity index (χ0n) is 27.1.